The van der Waals surface area contributed by atoms with E-state index in [4.69, 9.17) is 34.8 Å². The summed E-state index contributed by atoms with van der Waals surface area (Å²) in [5.74, 6) is 0.501. The van der Waals surface area contributed by atoms with Crippen molar-refractivity contribution in [3.63, 3.8) is 0 Å². The van der Waals surface area contributed by atoms with Crippen LogP contribution in [-0.2, 0) is 6.54 Å². The van der Waals surface area contributed by atoms with Crippen LogP contribution in [0.2, 0.25) is 15.2 Å². The van der Waals surface area contributed by atoms with Crippen molar-refractivity contribution in [2.24, 2.45) is 0 Å². The number of rotatable bonds is 4. The van der Waals surface area contributed by atoms with Crippen LogP contribution >= 0.6 is 34.8 Å². The molecular formula is C9H8Cl3N5. The molecule has 1 N–H and O–H groups in total. The van der Waals surface area contributed by atoms with Crippen LogP contribution in [0.1, 0.15) is 0 Å². The highest BCUT2D eigenvalue weighted by atomic mass is 35.5. The lowest BCUT2D eigenvalue weighted by Gasteiger charge is -2.08. The van der Waals surface area contributed by atoms with E-state index < -0.39 is 0 Å². The van der Waals surface area contributed by atoms with Crippen LogP contribution in [-0.4, -0.2) is 26.5 Å². The lowest BCUT2D eigenvalue weighted by atomic mass is 10.4. The summed E-state index contributed by atoms with van der Waals surface area (Å²) in [4.78, 5) is 4.04. The van der Waals surface area contributed by atoms with E-state index in [1.165, 1.54) is 0 Å². The van der Waals surface area contributed by atoms with Crippen molar-refractivity contribution in [2.75, 3.05) is 11.9 Å². The van der Waals surface area contributed by atoms with E-state index >= 15 is 0 Å². The Hall–Kier alpha value is -1.04. The van der Waals surface area contributed by atoms with E-state index in [2.05, 4.69) is 20.6 Å². The fourth-order valence-electron chi connectivity index (χ4n) is 1.21. The highest BCUT2D eigenvalue weighted by molar-refractivity contribution is 6.42. The zero-order valence-corrected chi connectivity index (χ0v) is 10.8. The second kappa shape index (κ2) is 5.53. The molecule has 0 amide bonds. The van der Waals surface area contributed by atoms with Crippen LogP contribution in [0.15, 0.2) is 18.5 Å². The molecule has 0 atom stereocenters. The first-order valence-electron chi connectivity index (χ1n) is 4.76. The Morgan fingerprint density at radius 3 is 2.76 bits per heavy atom. The summed E-state index contributed by atoms with van der Waals surface area (Å²) in [7, 11) is 0. The molecule has 0 saturated heterocycles. The Labute approximate surface area is 113 Å². The molecule has 2 heterocycles. The second-order valence-corrected chi connectivity index (χ2v) is 4.36. The number of hydrogen-bond acceptors (Lipinski definition) is 4. The van der Waals surface area contributed by atoms with E-state index in [1.54, 1.807) is 23.1 Å². The topological polar surface area (TPSA) is 55.6 Å². The van der Waals surface area contributed by atoms with Gasteiger partial charge in [0.1, 0.15) is 11.0 Å². The van der Waals surface area contributed by atoms with Crippen molar-refractivity contribution in [1.82, 2.24) is 20.0 Å². The van der Waals surface area contributed by atoms with Crippen molar-refractivity contribution in [3.05, 3.63) is 33.7 Å². The molecule has 17 heavy (non-hydrogen) atoms. The summed E-state index contributed by atoms with van der Waals surface area (Å²) in [5, 5.41) is 11.6. The van der Waals surface area contributed by atoms with E-state index in [0.29, 0.717) is 29.0 Å². The molecule has 2 aromatic rings. The number of aromatic nitrogens is 4. The molecule has 0 unspecified atom stereocenters. The molecule has 0 saturated carbocycles. The van der Waals surface area contributed by atoms with Crippen molar-refractivity contribution >= 4 is 40.6 Å². The van der Waals surface area contributed by atoms with Gasteiger partial charge in [0.2, 0.25) is 0 Å². The summed E-state index contributed by atoms with van der Waals surface area (Å²) in [6.07, 6.45) is 3.38. The Balaban J connectivity index is 1.97. The largest absolute Gasteiger partial charge is 0.367 e. The molecule has 0 fully saturated rings. The van der Waals surface area contributed by atoms with Crippen molar-refractivity contribution in [1.29, 1.82) is 0 Å². The van der Waals surface area contributed by atoms with Gasteiger partial charge in [-0.25, -0.2) is 4.98 Å². The third-order valence-electron chi connectivity index (χ3n) is 1.99. The van der Waals surface area contributed by atoms with Gasteiger partial charge in [-0.05, 0) is 6.07 Å². The van der Waals surface area contributed by atoms with Crippen LogP contribution in [0.25, 0.3) is 0 Å². The Morgan fingerprint density at radius 1 is 1.24 bits per heavy atom. The minimum absolute atomic E-state index is 0.222. The smallest absolute Gasteiger partial charge is 0.150 e. The van der Waals surface area contributed by atoms with Gasteiger partial charge >= 0.3 is 0 Å². The summed E-state index contributed by atoms with van der Waals surface area (Å²) in [6.45, 7) is 1.26. The minimum atomic E-state index is 0.222. The standard InChI is InChI=1S/C9H8Cl3N5/c10-6-5-7(11)9(15-8(6)12)13-1-3-17-4-2-14-16-17/h2,4-5H,1,3H2,(H,13,15). The first-order valence-corrected chi connectivity index (χ1v) is 5.89. The van der Waals surface area contributed by atoms with Crippen LogP contribution < -0.4 is 5.32 Å². The van der Waals surface area contributed by atoms with Gasteiger partial charge in [0.25, 0.3) is 0 Å². The molecule has 0 radical (unpaired) electrons. The third kappa shape index (κ3) is 3.21. The van der Waals surface area contributed by atoms with E-state index in [9.17, 15) is 0 Å². The predicted molar refractivity (Wildman–Crippen MR) is 67.8 cm³/mol. The molecule has 0 aliphatic heterocycles. The number of pyridine rings is 1. The average Bonchev–Trinajstić information content (AvgIpc) is 2.78. The lowest BCUT2D eigenvalue weighted by molar-refractivity contribution is 0.608. The molecule has 90 valence electrons. The molecule has 0 bridgehead atoms. The molecule has 0 spiro atoms. The van der Waals surface area contributed by atoms with Gasteiger partial charge in [0.05, 0.1) is 22.8 Å². The normalized spacial score (nSPS) is 10.5. The fraction of sp³-hybridized carbons (Fsp3) is 0.222. The van der Waals surface area contributed by atoms with E-state index in [-0.39, 0.29) is 5.15 Å². The van der Waals surface area contributed by atoms with E-state index in [0.717, 1.165) is 0 Å². The number of anilines is 1. The number of hydrogen-bond donors (Lipinski definition) is 1. The SMILES string of the molecule is Clc1cc(Cl)c(NCCn2ccnn2)nc1Cl. The van der Waals surface area contributed by atoms with Gasteiger partial charge in [-0.15, -0.1) is 5.10 Å². The first kappa shape index (κ1) is 12.4. The van der Waals surface area contributed by atoms with Crippen LogP contribution in [0.4, 0.5) is 5.82 Å². The Bertz CT molecular complexity index is 500. The fourth-order valence-corrected chi connectivity index (χ4v) is 1.77. The van der Waals surface area contributed by atoms with Crippen LogP contribution in [0.5, 0.6) is 0 Å². The van der Waals surface area contributed by atoms with Crippen molar-refractivity contribution in [2.45, 2.75) is 6.54 Å². The Kier molecular flexibility index (Phi) is 4.04. The van der Waals surface area contributed by atoms with E-state index in [1.807, 2.05) is 0 Å². The summed E-state index contributed by atoms with van der Waals surface area (Å²) < 4.78 is 1.69. The average molecular weight is 293 g/mol. The summed E-state index contributed by atoms with van der Waals surface area (Å²) in [6, 6.07) is 1.55. The zero-order valence-electron chi connectivity index (χ0n) is 8.57. The Morgan fingerprint density at radius 2 is 2.06 bits per heavy atom. The molecular weight excluding hydrogens is 284 g/mol. The van der Waals surface area contributed by atoms with Crippen LogP contribution in [0, 0.1) is 0 Å². The van der Waals surface area contributed by atoms with Gasteiger partial charge < -0.3 is 5.32 Å². The van der Waals surface area contributed by atoms with Gasteiger partial charge in [-0.3, -0.25) is 4.68 Å². The van der Waals surface area contributed by atoms with Crippen molar-refractivity contribution < 1.29 is 0 Å². The predicted octanol–water partition coefficient (Wildman–Crippen LogP) is 2.75. The minimum Gasteiger partial charge on any atom is -0.367 e. The lowest BCUT2D eigenvalue weighted by Crippen LogP contribution is -2.12. The van der Waals surface area contributed by atoms with Crippen molar-refractivity contribution in [3.8, 4) is 0 Å². The van der Waals surface area contributed by atoms with Gasteiger partial charge in [-0.1, -0.05) is 40.0 Å². The molecule has 8 heteroatoms. The highest BCUT2D eigenvalue weighted by Gasteiger charge is 2.07. The molecule has 2 rings (SSSR count). The maximum Gasteiger partial charge on any atom is 0.150 e. The maximum atomic E-state index is 5.96. The first-order chi connectivity index (χ1) is 8.16. The number of nitrogens with one attached hydrogen (secondary N) is 1. The zero-order chi connectivity index (χ0) is 12.3. The van der Waals surface area contributed by atoms with Gasteiger partial charge in [-0.2, -0.15) is 0 Å². The molecule has 5 nitrogen and oxygen atoms in total. The molecule has 0 aromatic carbocycles. The highest BCUT2D eigenvalue weighted by Crippen LogP contribution is 2.28. The molecule has 0 aliphatic rings. The number of halogens is 3. The third-order valence-corrected chi connectivity index (χ3v) is 2.95. The second-order valence-electron chi connectivity index (χ2n) is 3.18. The van der Waals surface area contributed by atoms with Gasteiger partial charge in [0, 0.05) is 12.7 Å². The molecule has 2 aromatic heterocycles. The molecule has 0 aliphatic carbocycles. The summed E-state index contributed by atoms with van der Waals surface area (Å²) >= 11 is 17.5. The van der Waals surface area contributed by atoms with Gasteiger partial charge in [0.15, 0.2) is 0 Å². The summed E-state index contributed by atoms with van der Waals surface area (Å²) in [5.41, 5.74) is 0. The van der Waals surface area contributed by atoms with Crippen LogP contribution in [0.3, 0.4) is 0 Å². The monoisotopic (exact) mass is 291 g/mol. The number of nitrogens with zero attached hydrogens (tertiary/aromatic N) is 4. The quantitative estimate of drug-likeness (QED) is 0.880. The maximum absolute atomic E-state index is 5.96.